The maximum absolute atomic E-state index is 12.4. The highest BCUT2D eigenvalue weighted by molar-refractivity contribution is 6.30. The van der Waals surface area contributed by atoms with Crippen LogP contribution in [0.4, 0.5) is 5.69 Å². The van der Waals surface area contributed by atoms with Crippen molar-refractivity contribution in [3.63, 3.8) is 0 Å². The molecule has 0 radical (unpaired) electrons. The first-order valence-corrected chi connectivity index (χ1v) is 9.61. The van der Waals surface area contributed by atoms with Gasteiger partial charge in [0.15, 0.2) is 0 Å². The van der Waals surface area contributed by atoms with E-state index in [1.165, 1.54) is 0 Å². The second kappa shape index (κ2) is 9.19. The lowest BCUT2D eigenvalue weighted by Crippen LogP contribution is -2.13. The number of para-hydroxylation sites is 1. The van der Waals surface area contributed by atoms with Crippen molar-refractivity contribution in [2.75, 3.05) is 5.32 Å². The summed E-state index contributed by atoms with van der Waals surface area (Å²) >= 11 is 5.89. The maximum Gasteiger partial charge on any atom is 0.243 e. The number of aryl methyl sites for hydroxylation is 1. The molecule has 0 aliphatic heterocycles. The Morgan fingerprint density at radius 1 is 1.03 bits per heavy atom. The number of anilines is 1. The second-order valence-electron chi connectivity index (χ2n) is 6.34. The van der Waals surface area contributed by atoms with E-state index in [0.29, 0.717) is 40.5 Å². The monoisotopic (exact) mass is 420 g/mol. The molecule has 0 saturated carbocycles. The van der Waals surface area contributed by atoms with Gasteiger partial charge in [-0.15, -0.1) is 0 Å². The largest absolute Gasteiger partial charge is 0.437 e. The minimum Gasteiger partial charge on any atom is -0.437 e. The first-order valence-electron chi connectivity index (χ1n) is 9.24. The normalized spacial score (nSPS) is 10.6. The van der Waals surface area contributed by atoms with E-state index in [9.17, 15) is 4.79 Å². The van der Waals surface area contributed by atoms with Gasteiger partial charge in [0.05, 0.1) is 0 Å². The lowest BCUT2D eigenvalue weighted by Gasteiger charge is -2.10. The summed E-state index contributed by atoms with van der Waals surface area (Å²) in [6.45, 7) is 0. The number of carbonyl (C=O) groups excluding carboxylic acids is 1. The van der Waals surface area contributed by atoms with Crippen LogP contribution >= 0.6 is 11.6 Å². The molecule has 0 aliphatic rings. The lowest BCUT2D eigenvalue weighted by atomic mass is 10.2. The van der Waals surface area contributed by atoms with Crippen molar-refractivity contribution in [2.45, 2.75) is 12.8 Å². The Balaban J connectivity index is 1.36. The first kappa shape index (κ1) is 19.6. The molecule has 4 aromatic rings. The van der Waals surface area contributed by atoms with Crippen LogP contribution in [-0.4, -0.2) is 21.0 Å². The Labute approximate surface area is 177 Å². The van der Waals surface area contributed by atoms with Crippen molar-refractivity contribution in [3.8, 4) is 23.0 Å². The molecule has 2 heterocycles. The number of ether oxygens (including phenoxy) is 1. The number of hydrogen-bond acceptors (Lipinski definition) is 6. The van der Waals surface area contributed by atoms with Crippen LogP contribution in [0.3, 0.4) is 0 Å². The summed E-state index contributed by atoms with van der Waals surface area (Å²) in [7, 11) is 0. The van der Waals surface area contributed by atoms with Gasteiger partial charge < -0.3 is 14.6 Å². The Morgan fingerprint density at radius 3 is 2.63 bits per heavy atom. The van der Waals surface area contributed by atoms with Gasteiger partial charge in [0.25, 0.3) is 0 Å². The zero-order valence-electron chi connectivity index (χ0n) is 15.8. The van der Waals surface area contributed by atoms with Crippen molar-refractivity contribution in [1.29, 1.82) is 0 Å². The molecule has 30 heavy (non-hydrogen) atoms. The van der Waals surface area contributed by atoms with E-state index in [1.54, 1.807) is 42.6 Å². The first-order chi connectivity index (χ1) is 14.7. The molecule has 0 bridgehead atoms. The number of hydrogen-bond donors (Lipinski definition) is 1. The predicted molar refractivity (Wildman–Crippen MR) is 112 cm³/mol. The number of carbonyl (C=O) groups is 1. The predicted octanol–water partition coefficient (Wildman–Crippen LogP) is 5.15. The Hall–Kier alpha value is -3.71. The minimum absolute atomic E-state index is 0.169. The third-order valence-electron chi connectivity index (χ3n) is 4.14. The standard InChI is InChI=1S/C22H17ClN4O3/c23-16-10-8-15(9-11-16)21-26-20(30-27-21)13-12-19(28)25-18-7-4-14-24-22(18)29-17-5-2-1-3-6-17/h1-11,14H,12-13H2,(H,25,28). The fraction of sp³-hybridized carbons (Fsp3) is 0.0909. The van der Waals surface area contributed by atoms with Gasteiger partial charge in [-0.2, -0.15) is 4.98 Å². The summed E-state index contributed by atoms with van der Waals surface area (Å²) in [6, 6.07) is 19.8. The molecule has 0 spiro atoms. The summed E-state index contributed by atoms with van der Waals surface area (Å²) < 4.78 is 11.0. The molecule has 1 amide bonds. The summed E-state index contributed by atoms with van der Waals surface area (Å²) in [4.78, 5) is 20.9. The highest BCUT2D eigenvalue weighted by Crippen LogP contribution is 2.26. The third-order valence-corrected chi connectivity index (χ3v) is 4.39. The van der Waals surface area contributed by atoms with Gasteiger partial charge in [-0.25, -0.2) is 4.98 Å². The number of rotatable bonds is 7. The Kier molecular flexibility index (Phi) is 6.01. The maximum atomic E-state index is 12.4. The van der Waals surface area contributed by atoms with Crippen LogP contribution in [0.5, 0.6) is 11.6 Å². The third kappa shape index (κ3) is 5.01. The topological polar surface area (TPSA) is 90.1 Å². The average molecular weight is 421 g/mol. The smallest absolute Gasteiger partial charge is 0.243 e. The van der Waals surface area contributed by atoms with Crippen LogP contribution in [0.1, 0.15) is 12.3 Å². The average Bonchev–Trinajstić information content (AvgIpc) is 3.24. The molecule has 7 nitrogen and oxygen atoms in total. The van der Waals surface area contributed by atoms with Gasteiger partial charge in [0, 0.05) is 29.6 Å². The minimum atomic E-state index is -0.216. The van der Waals surface area contributed by atoms with Gasteiger partial charge in [0.2, 0.25) is 23.5 Å². The number of pyridine rings is 1. The SMILES string of the molecule is O=C(CCc1nc(-c2ccc(Cl)cc2)no1)Nc1cccnc1Oc1ccccc1. The zero-order valence-corrected chi connectivity index (χ0v) is 16.5. The van der Waals surface area contributed by atoms with Crippen LogP contribution in [0.25, 0.3) is 11.4 Å². The Bertz CT molecular complexity index is 1130. The van der Waals surface area contributed by atoms with Gasteiger partial charge in [-0.05, 0) is 48.5 Å². The van der Waals surface area contributed by atoms with Crippen molar-refractivity contribution in [3.05, 3.63) is 83.8 Å². The van der Waals surface area contributed by atoms with E-state index in [-0.39, 0.29) is 12.3 Å². The molecule has 0 unspecified atom stereocenters. The van der Waals surface area contributed by atoms with Crippen LogP contribution in [-0.2, 0) is 11.2 Å². The van der Waals surface area contributed by atoms with Crippen LogP contribution < -0.4 is 10.1 Å². The molecular formula is C22H17ClN4O3. The number of nitrogens with zero attached hydrogens (tertiary/aromatic N) is 3. The van der Waals surface area contributed by atoms with Crippen LogP contribution in [0, 0.1) is 0 Å². The summed E-state index contributed by atoms with van der Waals surface area (Å²) in [5, 5.41) is 7.39. The van der Waals surface area contributed by atoms with Crippen molar-refractivity contribution in [2.24, 2.45) is 0 Å². The van der Waals surface area contributed by atoms with Crippen LogP contribution in [0.2, 0.25) is 5.02 Å². The van der Waals surface area contributed by atoms with E-state index < -0.39 is 0 Å². The second-order valence-corrected chi connectivity index (χ2v) is 6.77. The number of halogens is 1. The fourth-order valence-corrected chi connectivity index (χ4v) is 2.80. The fourth-order valence-electron chi connectivity index (χ4n) is 2.67. The summed E-state index contributed by atoms with van der Waals surface area (Å²) in [6.07, 6.45) is 2.08. The highest BCUT2D eigenvalue weighted by atomic mass is 35.5. The van der Waals surface area contributed by atoms with E-state index in [0.717, 1.165) is 5.56 Å². The molecule has 2 aromatic heterocycles. The van der Waals surface area contributed by atoms with E-state index in [2.05, 4.69) is 20.4 Å². The highest BCUT2D eigenvalue weighted by Gasteiger charge is 2.13. The molecular weight excluding hydrogens is 404 g/mol. The molecule has 2 aromatic carbocycles. The molecule has 0 saturated heterocycles. The van der Waals surface area contributed by atoms with Gasteiger partial charge in [-0.3, -0.25) is 4.79 Å². The molecule has 0 atom stereocenters. The molecule has 1 N–H and O–H groups in total. The zero-order chi connectivity index (χ0) is 20.8. The molecule has 0 fully saturated rings. The van der Waals surface area contributed by atoms with Crippen molar-refractivity contribution >= 4 is 23.2 Å². The van der Waals surface area contributed by atoms with E-state index in [1.807, 2.05) is 30.3 Å². The van der Waals surface area contributed by atoms with Crippen molar-refractivity contribution in [1.82, 2.24) is 15.1 Å². The number of nitrogens with one attached hydrogen (secondary N) is 1. The molecule has 0 aliphatic carbocycles. The summed E-state index contributed by atoms with van der Waals surface area (Å²) in [5.74, 6) is 1.56. The Morgan fingerprint density at radius 2 is 1.83 bits per heavy atom. The quantitative estimate of drug-likeness (QED) is 0.444. The van der Waals surface area contributed by atoms with Crippen molar-refractivity contribution < 1.29 is 14.1 Å². The number of amides is 1. The van der Waals surface area contributed by atoms with Crippen LogP contribution in [0.15, 0.2) is 77.4 Å². The van der Waals surface area contributed by atoms with Gasteiger partial charge >= 0.3 is 0 Å². The molecule has 8 heteroatoms. The summed E-state index contributed by atoms with van der Waals surface area (Å²) in [5.41, 5.74) is 1.27. The van der Waals surface area contributed by atoms with Gasteiger partial charge in [-0.1, -0.05) is 35.0 Å². The number of benzene rings is 2. The lowest BCUT2D eigenvalue weighted by molar-refractivity contribution is -0.116. The number of aromatic nitrogens is 3. The van der Waals surface area contributed by atoms with Gasteiger partial charge in [0.1, 0.15) is 11.4 Å². The molecule has 150 valence electrons. The molecule has 4 rings (SSSR count). The van der Waals surface area contributed by atoms with E-state index >= 15 is 0 Å². The van der Waals surface area contributed by atoms with E-state index in [4.69, 9.17) is 20.9 Å².